The predicted octanol–water partition coefficient (Wildman–Crippen LogP) is 2.89. The summed E-state index contributed by atoms with van der Waals surface area (Å²) in [4.78, 5) is 44.0. The molecule has 3 heterocycles. The van der Waals surface area contributed by atoms with E-state index in [0.29, 0.717) is 38.2 Å². The SMILES string of the molecule is CCNC(=O)Oc1ccc2c(c1)CCN(C(=O)[C@@H](Cc1c[nH]c3ccccc13)NC(=O)C1CCNCC1)C2. The topological polar surface area (TPSA) is 116 Å². The summed E-state index contributed by atoms with van der Waals surface area (Å²) in [6.07, 6.45) is 4.07. The lowest BCUT2D eigenvalue weighted by Crippen LogP contribution is -2.52. The molecule has 0 aliphatic carbocycles. The molecule has 4 N–H and O–H groups in total. The molecule has 1 fully saturated rings. The van der Waals surface area contributed by atoms with Gasteiger partial charge in [0.1, 0.15) is 11.8 Å². The number of hydrogen-bond acceptors (Lipinski definition) is 5. The number of aromatic amines is 1. The highest BCUT2D eigenvalue weighted by atomic mass is 16.6. The Balaban J connectivity index is 1.33. The van der Waals surface area contributed by atoms with E-state index in [1.807, 2.05) is 54.4 Å². The van der Waals surface area contributed by atoms with Gasteiger partial charge in [0.2, 0.25) is 11.8 Å². The van der Waals surface area contributed by atoms with E-state index in [0.717, 1.165) is 53.5 Å². The molecule has 9 nitrogen and oxygen atoms in total. The highest BCUT2D eigenvalue weighted by Crippen LogP contribution is 2.26. The van der Waals surface area contributed by atoms with Gasteiger partial charge >= 0.3 is 6.09 Å². The van der Waals surface area contributed by atoms with Crippen LogP contribution in [0.4, 0.5) is 4.79 Å². The van der Waals surface area contributed by atoms with Gasteiger partial charge in [0.15, 0.2) is 0 Å². The molecule has 2 aliphatic rings. The quantitative estimate of drug-likeness (QED) is 0.385. The van der Waals surface area contributed by atoms with Gasteiger partial charge in [-0.05, 0) is 74.2 Å². The van der Waals surface area contributed by atoms with E-state index in [4.69, 9.17) is 4.74 Å². The van der Waals surface area contributed by atoms with Crippen LogP contribution in [-0.4, -0.2) is 60.0 Å². The van der Waals surface area contributed by atoms with Crippen molar-refractivity contribution in [3.8, 4) is 5.75 Å². The zero-order valence-corrected chi connectivity index (χ0v) is 21.7. The predicted molar refractivity (Wildman–Crippen MR) is 145 cm³/mol. The molecule has 2 aliphatic heterocycles. The first kappa shape index (κ1) is 25.8. The number of amides is 3. The summed E-state index contributed by atoms with van der Waals surface area (Å²) in [6, 6.07) is 12.9. The number of rotatable bonds is 7. The summed E-state index contributed by atoms with van der Waals surface area (Å²) in [5.41, 5.74) is 4.09. The van der Waals surface area contributed by atoms with Gasteiger partial charge in [-0.2, -0.15) is 0 Å². The molecule has 1 aromatic heterocycles. The molecule has 9 heteroatoms. The van der Waals surface area contributed by atoms with Gasteiger partial charge in [-0.25, -0.2) is 4.79 Å². The number of para-hydroxylation sites is 1. The van der Waals surface area contributed by atoms with Crippen LogP contribution in [0.1, 0.15) is 36.5 Å². The molecular weight excluding hydrogens is 482 g/mol. The van der Waals surface area contributed by atoms with Gasteiger partial charge in [0, 0.05) is 49.1 Å². The third-order valence-corrected chi connectivity index (χ3v) is 7.46. The number of hydrogen-bond donors (Lipinski definition) is 4. The fraction of sp³-hybridized carbons (Fsp3) is 0.414. The number of H-pyrrole nitrogens is 1. The Bertz CT molecular complexity index is 1310. The maximum absolute atomic E-state index is 13.9. The van der Waals surface area contributed by atoms with Crippen molar-refractivity contribution < 1.29 is 19.1 Å². The average molecular weight is 518 g/mol. The summed E-state index contributed by atoms with van der Waals surface area (Å²) in [7, 11) is 0. The molecule has 3 aromatic rings. The molecule has 200 valence electrons. The number of ether oxygens (including phenoxy) is 1. The van der Waals surface area contributed by atoms with Crippen LogP contribution in [0.25, 0.3) is 10.9 Å². The normalized spacial score (nSPS) is 16.5. The van der Waals surface area contributed by atoms with Gasteiger partial charge in [-0.15, -0.1) is 0 Å². The molecule has 1 saturated heterocycles. The van der Waals surface area contributed by atoms with Crippen molar-refractivity contribution in [1.82, 2.24) is 25.8 Å². The summed E-state index contributed by atoms with van der Waals surface area (Å²) in [5.74, 6) is 0.279. The third-order valence-electron chi connectivity index (χ3n) is 7.46. The smallest absolute Gasteiger partial charge is 0.410 e. The highest BCUT2D eigenvalue weighted by Gasteiger charge is 2.32. The minimum atomic E-state index is -0.654. The molecule has 1 atom stereocenters. The van der Waals surface area contributed by atoms with E-state index >= 15 is 0 Å². The summed E-state index contributed by atoms with van der Waals surface area (Å²) in [5, 5.41) is 10.1. The number of nitrogens with zero attached hydrogens (tertiary/aromatic N) is 1. The van der Waals surface area contributed by atoms with Crippen LogP contribution in [0.3, 0.4) is 0 Å². The van der Waals surface area contributed by atoms with Crippen molar-refractivity contribution in [3.63, 3.8) is 0 Å². The molecule has 2 aromatic carbocycles. The fourth-order valence-corrected chi connectivity index (χ4v) is 5.38. The monoisotopic (exact) mass is 517 g/mol. The molecule has 38 heavy (non-hydrogen) atoms. The molecule has 5 rings (SSSR count). The van der Waals surface area contributed by atoms with Gasteiger partial charge in [-0.1, -0.05) is 24.3 Å². The van der Waals surface area contributed by atoms with Crippen LogP contribution in [0.15, 0.2) is 48.7 Å². The molecule has 0 bridgehead atoms. The second-order valence-corrected chi connectivity index (χ2v) is 10.0. The maximum Gasteiger partial charge on any atom is 0.412 e. The minimum Gasteiger partial charge on any atom is -0.410 e. The number of carbonyl (C=O) groups is 3. The van der Waals surface area contributed by atoms with Crippen LogP contribution in [0, 0.1) is 5.92 Å². The minimum absolute atomic E-state index is 0.0470. The van der Waals surface area contributed by atoms with E-state index in [-0.39, 0.29) is 17.7 Å². The largest absolute Gasteiger partial charge is 0.412 e. The molecule has 0 unspecified atom stereocenters. The first-order chi connectivity index (χ1) is 18.5. The Kier molecular flexibility index (Phi) is 7.93. The van der Waals surface area contributed by atoms with Crippen molar-refractivity contribution in [2.75, 3.05) is 26.2 Å². The van der Waals surface area contributed by atoms with E-state index in [9.17, 15) is 14.4 Å². The van der Waals surface area contributed by atoms with Gasteiger partial charge < -0.3 is 30.6 Å². The van der Waals surface area contributed by atoms with Crippen LogP contribution in [-0.2, 0) is 29.0 Å². The van der Waals surface area contributed by atoms with Crippen molar-refractivity contribution in [2.45, 2.75) is 45.2 Å². The van der Waals surface area contributed by atoms with Crippen molar-refractivity contribution in [1.29, 1.82) is 0 Å². The van der Waals surface area contributed by atoms with E-state index < -0.39 is 12.1 Å². The van der Waals surface area contributed by atoms with Crippen molar-refractivity contribution in [2.24, 2.45) is 5.92 Å². The van der Waals surface area contributed by atoms with E-state index in [1.54, 1.807) is 6.07 Å². The lowest BCUT2D eigenvalue weighted by atomic mass is 9.95. The fourth-order valence-electron chi connectivity index (χ4n) is 5.38. The maximum atomic E-state index is 13.9. The Morgan fingerprint density at radius 2 is 1.92 bits per heavy atom. The van der Waals surface area contributed by atoms with Crippen molar-refractivity contribution in [3.05, 3.63) is 65.4 Å². The number of fused-ring (bicyclic) bond motifs is 2. The number of benzene rings is 2. The molecule has 0 radical (unpaired) electrons. The van der Waals surface area contributed by atoms with Crippen molar-refractivity contribution >= 4 is 28.8 Å². The van der Waals surface area contributed by atoms with E-state index in [2.05, 4.69) is 20.9 Å². The Hall–Kier alpha value is -3.85. The Labute approximate surface area is 222 Å². The molecule has 0 saturated carbocycles. The Morgan fingerprint density at radius 3 is 2.74 bits per heavy atom. The lowest BCUT2D eigenvalue weighted by molar-refractivity contribution is -0.138. The second kappa shape index (κ2) is 11.7. The van der Waals surface area contributed by atoms with Gasteiger partial charge in [0.05, 0.1) is 0 Å². The first-order valence-corrected chi connectivity index (χ1v) is 13.4. The lowest BCUT2D eigenvalue weighted by Gasteiger charge is -2.33. The third kappa shape index (κ3) is 5.83. The van der Waals surface area contributed by atoms with E-state index in [1.165, 1.54) is 0 Å². The average Bonchev–Trinajstić information content (AvgIpc) is 3.35. The zero-order chi connectivity index (χ0) is 26.5. The summed E-state index contributed by atoms with van der Waals surface area (Å²) >= 11 is 0. The number of nitrogens with one attached hydrogen (secondary N) is 4. The zero-order valence-electron chi connectivity index (χ0n) is 21.7. The van der Waals surface area contributed by atoms with Gasteiger partial charge in [-0.3, -0.25) is 9.59 Å². The molecule has 3 amide bonds. The van der Waals surface area contributed by atoms with Crippen LogP contribution >= 0.6 is 0 Å². The van der Waals surface area contributed by atoms with Crippen LogP contribution in [0.5, 0.6) is 5.75 Å². The molecular formula is C29H35N5O4. The summed E-state index contributed by atoms with van der Waals surface area (Å²) in [6.45, 7) is 4.93. The number of aromatic nitrogens is 1. The highest BCUT2D eigenvalue weighted by molar-refractivity contribution is 5.90. The standard InChI is InChI=1S/C29H35N5O4/c1-2-31-29(37)38-23-8-7-21-18-34(14-11-20(21)15-23)28(36)26(33-27(35)19-9-12-30-13-10-19)16-22-17-32-25-6-4-3-5-24(22)25/h3-8,15,17,19,26,30,32H,2,9-14,16,18H2,1H3,(H,31,37)(H,33,35)/t26-/m1/s1. The summed E-state index contributed by atoms with van der Waals surface area (Å²) < 4.78 is 5.34. The molecule has 0 spiro atoms. The van der Waals surface area contributed by atoms with Crippen LogP contribution in [0.2, 0.25) is 0 Å². The number of piperidine rings is 1. The van der Waals surface area contributed by atoms with Gasteiger partial charge in [0.25, 0.3) is 0 Å². The van der Waals surface area contributed by atoms with Crippen LogP contribution < -0.4 is 20.7 Å². The number of carbonyl (C=O) groups excluding carboxylic acids is 3. The Morgan fingerprint density at radius 1 is 1.11 bits per heavy atom. The second-order valence-electron chi connectivity index (χ2n) is 10.0. The first-order valence-electron chi connectivity index (χ1n) is 13.4.